The lowest BCUT2D eigenvalue weighted by atomic mass is 10.0. The molecule has 2 aliphatic heterocycles. The highest BCUT2D eigenvalue weighted by atomic mass is 79.9. The number of aromatic nitrogens is 4. The van der Waals surface area contributed by atoms with Crippen molar-refractivity contribution in [3.63, 3.8) is 0 Å². The third kappa shape index (κ3) is 4.17. The summed E-state index contributed by atoms with van der Waals surface area (Å²) < 4.78 is 0.768. The first-order chi connectivity index (χ1) is 17.3. The smallest absolute Gasteiger partial charge is 0.285 e. The molecule has 0 bridgehead atoms. The molecule has 0 saturated heterocycles. The number of aromatic amines is 3. The van der Waals surface area contributed by atoms with Crippen LogP contribution < -0.4 is 27.0 Å². The molecule has 0 atom stereocenters. The molecule has 0 spiro atoms. The fourth-order valence-electron chi connectivity index (χ4n) is 4.01. The van der Waals surface area contributed by atoms with E-state index in [0.29, 0.717) is 41.2 Å². The summed E-state index contributed by atoms with van der Waals surface area (Å²) in [7, 11) is 0. The van der Waals surface area contributed by atoms with Gasteiger partial charge in [-0.25, -0.2) is 9.89 Å². The van der Waals surface area contributed by atoms with Crippen LogP contribution in [0.5, 0.6) is 0 Å². The van der Waals surface area contributed by atoms with Gasteiger partial charge in [0.1, 0.15) is 17.1 Å². The molecule has 5 heterocycles. The van der Waals surface area contributed by atoms with Crippen molar-refractivity contribution in [2.75, 3.05) is 23.7 Å². The Labute approximate surface area is 212 Å². The van der Waals surface area contributed by atoms with Crippen LogP contribution >= 0.6 is 15.9 Å². The maximum atomic E-state index is 13.5. The van der Waals surface area contributed by atoms with Crippen molar-refractivity contribution in [3.8, 4) is 0 Å². The number of carbonyl (C=O) groups is 3. The average Bonchev–Trinajstić information content (AvgIpc) is 3.61. The van der Waals surface area contributed by atoms with E-state index in [4.69, 9.17) is 11.5 Å². The Hall–Kier alpha value is -4.59. The molecule has 9 N–H and O–H groups in total. The van der Waals surface area contributed by atoms with Gasteiger partial charge in [0.15, 0.2) is 11.8 Å². The van der Waals surface area contributed by atoms with E-state index in [2.05, 4.69) is 51.5 Å². The van der Waals surface area contributed by atoms with Gasteiger partial charge in [-0.1, -0.05) is 6.08 Å². The minimum absolute atomic E-state index is 0.0730. The predicted molar refractivity (Wildman–Crippen MR) is 137 cm³/mol. The van der Waals surface area contributed by atoms with Crippen LogP contribution in [-0.2, 0) is 4.79 Å². The molecule has 0 fully saturated rings. The third-order valence-electron chi connectivity index (χ3n) is 5.61. The van der Waals surface area contributed by atoms with Gasteiger partial charge in [-0.3, -0.25) is 14.4 Å². The van der Waals surface area contributed by atoms with Crippen molar-refractivity contribution in [3.05, 3.63) is 63.4 Å². The van der Waals surface area contributed by atoms with Gasteiger partial charge in [-0.05, 0) is 46.1 Å². The number of guanidine groups is 1. The summed E-state index contributed by atoms with van der Waals surface area (Å²) in [5.74, 6) is -0.859. The molecule has 36 heavy (non-hydrogen) atoms. The lowest BCUT2D eigenvalue weighted by Gasteiger charge is -2.14. The molecule has 0 radical (unpaired) electrons. The SMILES string of the molecule is NC1=NC(=C2CCNC(=O)c3[nH]ccc32)C(=O)N1c1nc(N)[nH]c1C=CCNC(=O)c1cc(Br)c[nH]1. The summed E-state index contributed by atoms with van der Waals surface area (Å²) in [4.78, 5) is 56.2. The minimum Gasteiger partial charge on any atom is -0.369 e. The minimum atomic E-state index is -0.490. The largest absolute Gasteiger partial charge is 0.369 e. The number of halogens is 1. The standard InChI is InChI=1S/C22H21BrN10O3/c23-10-8-14(29-9-10)18(34)27-5-1-2-13-17(32-21(24)30-13)33-20(36)16(31-22(33)25)12-4-7-28-19(35)15-11(12)3-6-26-15/h1-3,6,8-9,26,29H,4-5,7H2,(H2,25,31)(H,27,34)(H,28,35)(H3,24,30,32). The molecule has 2 aliphatic rings. The van der Waals surface area contributed by atoms with E-state index in [0.717, 1.165) is 9.37 Å². The number of nitrogens with two attached hydrogens (primary N) is 2. The highest BCUT2D eigenvalue weighted by Crippen LogP contribution is 2.33. The van der Waals surface area contributed by atoms with Gasteiger partial charge in [0.05, 0.1) is 5.69 Å². The predicted octanol–water partition coefficient (Wildman–Crippen LogP) is 1.06. The van der Waals surface area contributed by atoms with Gasteiger partial charge < -0.3 is 37.1 Å². The van der Waals surface area contributed by atoms with Crippen molar-refractivity contribution in [2.24, 2.45) is 10.7 Å². The molecule has 5 rings (SSSR count). The van der Waals surface area contributed by atoms with Crippen molar-refractivity contribution in [1.82, 2.24) is 30.6 Å². The molecule has 13 nitrogen and oxygen atoms in total. The van der Waals surface area contributed by atoms with Crippen LogP contribution in [0.25, 0.3) is 11.6 Å². The fourth-order valence-corrected chi connectivity index (χ4v) is 4.35. The quantitative estimate of drug-likeness (QED) is 0.230. The summed E-state index contributed by atoms with van der Waals surface area (Å²) in [6, 6.07) is 3.39. The lowest BCUT2D eigenvalue weighted by molar-refractivity contribution is -0.113. The van der Waals surface area contributed by atoms with Crippen LogP contribution in [0.1, 0.15) is 38.7 Å². The summed E-state index contributed by atoms with van der Waals surface area (Å²) in [5.41, 5.74) is 14.5. The molecule has 0 saturated carbocycles. The van der Waals surface area contributed by atoms with Crippen LogP contribution in [0.4, 0.5) is 11.8 Å². The molecule has 3 amide bonds. The molecule has 14 heteroatoms. The number of nitrogens with one attached hydrogen (secondary N) is 5. The van der Waals surface area contributed by atoms with Gasteiger partial charge in [-0.2, -0.15) is 4.98 Å². The van der Waals surface area contributed by atoms with Crippen molar-refractivity contribution in [2.45, 2.75) is 6.42 Å². The van der Waals surface area contributed by atoms with E-state index in [-0.39, 0.29) is 41.8 Å². The molecule has 184 valence electrons. The molecule has 0 unspecified atom stereocenters. The number of rotatable bonds is 5. The van der Waals surface area contributed by atoms with Crippen molar-refractivity contribution >= 4 is 63.0 Å². The zero-order valence-corrected chi connectivity index (χ0v) is 20.3. The maximum Gasteiger partial charge on any atom is 0.285 e. The summed E-state index contributed by atoms with van der Waals surface area (Å²) >= 11 is 3.28. The number of hydrogen-bond donors (Lipinski definition) is 7. The van der Waals surface area contributed by atoms with Gasteiger partial charge in [0.2, 0.25) is 5.96 Å². The highest BCUT2D eigenvalue weighted by Gasteiger charge is 2.36. The number of hydrogen-bond acceptors (Lipinski definition) is 7. The second-order valence-electron chi connectivity index (χ2n) is 7.91. The van der Waals surface area contributed by atoms with Crippen LogP contribution in [0, 0.1) is 0 Å². The number of anilines is 2. The Kier molecular flexibility index (Phi) is 5.93. The van der Waals surface area contributed by atoms with Gasteiger partial charge in [0, 0.05) is 35.5 Å². The number of aliphatic imine (C=N–C) groups is 1. The van der Waals surface area contributed by atoms with Crippen LogP contribution in [0.2, 0.25) is 0 Å². The molecular formula is C22H21BrN10O3. The monoisotopic (exact) mass is 552 g/mol. The average molecular weight is 553 g/mol. The number of nitrogens with zero attached hydrogens (tertiary/aromatic N) is 3. The third-order valence-corrected chi connectivity index (χ3v) is 6.06. The Bertz CT molecular complexity index is 1470. The number of carbonyl (C=O) groups excluding carboxylic acids is 3. The van der Waals surface area contributed by atoms with Crippen LogP contribution in [0.3, 0.4) is 0 Å². The summed E-state index contributed by atoms with van der Waals surface area (Å²) in [5, 5.41) is 5.53. The van der Waals surface area contributed by atoms with Crippen molar-refractivity contribution in [1.29, 1.82) is 0 Å². The van der Waals surface area contributed by atoms with Crippen molar-refractivity contribution < 1.29 is 14.4 Å². The Morgan fingerprint density at radius 2 is 2.11 bits per heavy atom. The van der Waals surface area contributed by atoms with E-state index in [9.17, 15) is 14.4 Å². The molecule has 0 aliphatic carbocycles. The molecule has 3 aromatic rings. The second kappa shape index (κ2) is 9.22. The van der Waals surface area contributed by atoms with E-state index in [1.165, 1.54) is 0 Å². The first-order valence-electron chi connectivity index (χ1n) is 10.9. The van der Waals surface area contributed by atoms with Gasteiger partial charge >= 0.3 is 0 Å². The normalized spacial score (nSPS) is 17.8. The zero-order valence-electron chi connectivity index (χ0n) is 18.7. The number of imidazole rings is 1. The molecular weight excluding hydrogens is 532 g/mol. The van der Waals surface area contributed by atoms with Crippen LogP contribution in [0.15, 0.2) is 45.8 Å². The number of amides is 3. The Morgan fingerprint density at radius 3 is 2.89 bits per heavy atom. The van der Waals surface area contributed by atoms with E-state index >= 15 is 0 Å². The number of H-pyrrole nitrogens is 3. The Morgan fingerprint density at radius 1 is 1.28 bits per heavy atom. The highest BCUT2D eigenvalue weighted by molar-refractivity contribution is 9.10. The fraction of sp³-hybridized carbons (Fsp3) is 0.136. The molecule has 3 aromatic heterocycles. The maximum absolute atomic E-state index is 13.5. The van der Waals surface area contributed by atoms with E-state index < -0.39 is 5.91 Å². The van der Waals surface area contributed by atoms with E-state index in [1.807, 2.05) is 0 Å². The van der Waals surface area contributed by atoms with E-state index in [1.54, 1.807) is 36.7 Å². The Balaban J connectivity index is 1.38. The van der Waals surface area contributed by atoms with Gasteiger partial charge in [-0.15, -0.1) is 0 Å². The number of fused-ring (bicyclic) bond motifs is 1. The second-order valence-corrected chi connectivity index (χ2v) is 8.83. The summed E-state index contributed by atoms with van der Waals surface area (Å²) in [6.07, 6.45) is 7.00. The lowest BCUT2D eigenvalue weighted by Crippen LogP contribution is -2.38. The zero-order chi connectivity index (χ0) is 25.4. The number of nitrogen functional groups attached to an aromatic ring is 1. The molecule has 0 aromatic carbocycles. The summed E-state index contributed by atoms with van der Waals surface area (Å²) in [6.45, 7) is 0.551. The topological polar surface area (TPSA) is 203 Å². The van der Waals surface area contributed by atoms with Gasteiger partial charge in [0.25, 0.3) is 17.7 Å². The first kappa shape index (κ1) is 23.2. The van der Waals surface area contributed by atoms with Crippen LogP contribution in [-0.4, -0.2) is 56.7 Å². The first-order valence-corrected chi connectivity index (χ1v) is 11.6.